The summed E-state index contributed by atoms with van der Waals surface area (Å²) in [7, 11) is 1.72. The largest absolute Gasteiger partial charge is 0.383 e. The van der Waals surface area contributed by atoms with Crippen LogP contribution in [-0.4, -0.2) is 19.8 Å². The number of methoxy groups -OCH3 is 1. The molecule has 11 heavy (non-hydrogen) atoms. The molecular formula is C9H19NO. The van der Waals surface area contributed by atoms with E-state index in [1.807, 2.05) is 0 Å². The molecule has 1 rings (SSSR count). The first kappa shape index (κ1) is 9.01. The molecule has 1 fully saturated rings. The molecule has 1 aliphatic rings. The SMILES string of the molecule is COCC(N)C1(C)CCCC1. The molecule has 1 atom stereocenters. The van der Waals surface area contributed by atoms with Gasteiger partial charge >= 0.3 is 0 Å². The van der Waals surface area contributed by atoms with E-state index in [1.165, 1.54) is 25.7 Å². The third-order valence-corrected chi connectivity index (χ3v) is 2.99. The van der Waals surface area contributed by atoms with Crippen molar-refractivity contribution in [2.24, 2.45) is 11.1 Å². The maximum atomic E-state index is 6.00. The number of rotatable bonds is 3. The third-order valence-electron chi connectivity index (χ3n) is 2.99. The van der Waals surface area contributed by atoms with Gasteiger partial charge in [-0.1, -0.05) is 19.8 Å². The first-order valence-corrected chi connectivity index (χ1v) is 4.43. The van der Waals surface area contributed by atoms with Gasteiger partial charge in [-0.3, -0.25) is 0 Å². The second-order valence-electron chi connectivity index (χ2n) is 3.92. The van der Waals surface area contributed by atoms with E-state index in [2.05, 4.69) is 6.92 Å². The lowest BCUT2D eigenvalue weighted by atomic mass is 9.81. The zero-order valence-corrected chi connectivity index (χ0v) is 7.60. The first-order chi connectivity index (χ1) is 5.19. The average Bonchev–Trinajstić information content (AvgIpc) is 2.38. The fourth-order valence-corrected chi connectivity index (χ4v) is 1.93. The van der Waals surface area contributed by atoms with Gasteiger partial charge in [-0.25, -0.2) is 0 Å². The molecule has 0 spiro atoms. The minimum atomic E-state index is 0.231. The lowest BCUT2D eigenvalue weighted by Crippen LogP contribution is -2.41. The van der Waals surface area contributed by atoms with Crippen LogP contribution in [0.1, 0.15) is 32.6 Å². The predicted molar refractivity (Wildman–Crippen MR) is 46.4 cm³/mol. The second kappa shape index (κ2) is 3.55. The summed E-state index contributed by atoms with van der Waals surface area (Å²) < 4.78 is 5.06. The van der Waals surface area contributed by atoms with Crippen LogP contribution < -0.4 is 5.73 Å². The van der Waals surface area contributed by atoms with E-state index in [9.17, 15) is 0 Å². The monoisotopic (exact) mass is 157 g/mol. The van der Waals surface area contributed by atoms with Gasteiger partial charge in [0.1, 0.15) is 0 Å². The van der Waals surface area contributed by atoms with E-state index >= 15 is 0 Å². The molecule has 0 aromatic rings. The zero-order chi connectivity index (χ0) is 8.32. The van der Waals surface area contributed by atoms with Crippen LogP contribution in [0.25, 0.3) is 0 Å². The number of nitrogens with two attached hydrogens (primary N) is 1. The van der Waals surface area contributed by atoms with Crippen LogP contribution in [0, 0.1) is 5.41 Å². The Hall–Kier alpha value is -0.0800. The van der Waals surface area contributed by atoms with Crippen LogP contribution >= 0.6 is 0 Å². The molecular weight excluding hydrogens is 138 g/mol. The minimum Gasteiger partial charge on any atom is -0.383 e. The maximum Gasteiger partial charge on any atom is 0.0619 e. The Morgan fingerprint density at radius 3 is 2.45 bits per heavy atom. The Morgan fingerprint density at radius 1 is 1.45 bits per heavy atom. The molecule has 0 aromatic carbocycles. The van der Waals surface area contributed by atoms with E-state index in [-0.39, 0.29) is 6.04 Å². The molecule has 0 heterocycles. The van der Waals surface area contributed by atoms with Gasteiger partial charge < -0.3 is 10.5 Å². The molecule has 2 heteroatoms. The fourth-order valence-electron chi connectivity index (χ4n) is 1.93. The topological polar surface area (TPSA) is 35.2 Å². The van der Waals surface area contributed by atoms with Crippen molar-refractivity contribution in [3.05, 3.63) is 0 Å². The minimum absolute atomic E-state index is 0.231. The number of hydrogen-bond donors (Lipinski definition) is 1. The van der Waals surface area contributed by atoms with Gasteiger partial charge in [0.05, 0.1) is 6.61 Å². The summed E-state index contributed by atoms with van der Waals surface area (Å²) in [6.07, 6.45) is 5.23. The van der Waals surface area contributed by atoms with Gasteiger partial charge in [-0.2, -0.15) is 0 Å². The Bertz CT molecular complexity index is 119. The van der Waals surface area contributed by atoms with Gasteiger partial charge in [-0.15, -0.1) is 0 Å². The highest BCUT2D eigenvalue weighted by atomic mass is 16.5. The van der Waals surface area contributed by atoms with Crippen molar-refractivity contribution in [1.82, 2.24) is 0 Å². The molecule has 0 bridgehead atoms. The molecule has 0 aromatic heterocycles. The van der Waals surface area contributed by atoms with Crippen molar-refractivity contribution >= 4 is 0 Å². The van der Waals surface area contributed by atoms with Crippen molar-refractivity contribution in [1.29, 1.82) is 0 Å². The van der Waals surface area contributed by atoms with Gasteiger partial charge in [0.25, 0.3) is 0 Å². The Morgan fingerprint density at radius 2 is 2.00 bits per heavy atom. The molecule has 0 saturated heterocycles. The van der Waals surface area contributed by atoms with Crippen LogP contribution in [0.2, 0.25) is 0 Å². The highest BCUT2D eigenvalue weighted by molar-refractivity contribution is 4.89. The van der Waals surface area contributed by atoms with Crippen LogP contribution in [0.3, 0.4) is 0 Å². The molecule has 2 nitrogen and oxygen atoms in total. The summed E-state index contributed by atoms with van der Waals surface area (Å²) in [5.74, 6) is 0. The lowest BCUT2D eigenvalue weighted by molar-refractivity contribution is 0.120. The molecule has 1 saturated carbocycles. The zero-order valence-electron chi connectivity index (χ0n) is 7.60. The van der Waals surface area contributed by atoms with Gasteiger partial charge in [0.15, 0.2) is 0 Å². The van der Waals surface area contributed by atoms with Gasteiger partial charge in [-0.05, 0) is 18.3 Å². The summed E-state index contributed by atoms with van der Waals surface area (Å²) in [6.45, 7) is 2.99. The van der Waals surface area contributed by atoms with Crippen molar-refractivity contribution < 1.29 is 4.74 Å². The Labute approximate surface area is 69.1 Å². The van der Waals surface area contributed by atoms with Gasteiger partial charge in [0, 0.05) is 13.2 Å². The molecule has 1 aliphatic carbocycles. The van der Waals surface area contributed by atoms with Crippen molar-refractivity contribution in [2.45, 2.75) is 38.6 Å². The number of hydrogen-bond acceptors (Lipinski definition) is 2. The van der Waals surface area contributed by atoms with Crippen molar-refractivity contribution in [3.8, 4) is 0 Å². The van der Waals surface area contributed by atoms with E-state index in [1.54, 1.807) is 7.11 Å². The second-order valence-corrected chi connectivity index (χ2v) is 3.92. The fraction of sp³-hybridized carbons (Fsp3) is 1.00. The van der Waals surface area contributed by atoms with Crippen LogP contribution in [0.5, 0.6) is 0 Å². The highest BCUT2D eigenvalue weighted by Crippen LogP contribution is 2.39. The summed E-state index contributed by atoms with van der Waals surface area (Å²) in [5.41, 5.74) is 6.36. The van der Waals surface area contributed by atoms with E-state index in [0.717, 1.165) is 0 Å². The summed E-state index contributed by atoms with van der Waals surface area (Å²) >= 11 is 0. The number of ether oxygens (including phenoxy) is 1. The molecule has 0 radical (unpaired) electrons. The lowest BCUT2D eigenvalue weighted by Gasteiger charge is -2.30. The quantitative estimate of drug-likeness (QED) is 0.674. The molecule has 2 N–H and O–H groups in total. The van der Waals surface area contributed by atoms with E-state index < -0.39 is 0 Å². The predicted octanol–water partition coefficient (Wildman–Crippen LogP) is 1.54. The smallest absolute Gasteiger partial charge is 0.0619 e. The molecule has 1 unspecified atom stereocenters. The Kier molecular flexibility index (Phi) is 2.90. The maximum absolute atomic E-state index is 6.00. The standard InChI is InChI=1S/C9H19NO/c1-9(5-3-4-6-9)8(10)7-11-2/h8H,3-7,10H2,1-2H3. The summed E-state index contributed by atoms with van der Waals surface area (Å²) in [4.78, 5) is 0. The molecule has 66 valence electrons. The Balaban J connectivity index is 2.42. The highest BCUT2D eigenvalue weighted by Gasteiger charge is 2.34. The molecule has 0 amide bonds. The third kappa shape index (κ3) is 1.94. The summed E-state index contributed by atoms with van der Waals surface area (Å²) in [5, 5.41) is 0. The normalized spacial score (nSPS) is 25.4. The average molecular weight is 157 g/mol. The van der Waals surface area contributed by atoms with Crippen molar-refractivity contribution in [3.63, 3.8) is 0 Å². The summed E-state index contributed by atoms with van der Waals surface area (Å²) in [6, 6.07) is 0.231. The van der Waals surface area contributed by atoms with Crippen molar-refractivity contribution in [2.75, 3.05) is 13.7 Å². The van der Waals surface area contributed by atoms with Crippen LogP contribution in [0.15, 0.2) is 0 Å². The van der Waals surface area contributed by atoms with E-state index in [4.69, 9.17) is 10.5 Å². The van der Waals surface area contributed by atoms with Crippen LogP contribution in [0.4, 0.5) is 0 Å². The van der Waals surface area contributed by atoms with Gasteiger partial charge in [0.2, 0.25) is 0 Å². The van der Waals surface area contributed by atoms with E-state index in [0.29, 0.717) is 12.0 Å². The molecule has 0 aliphatic heterocycles. The van der Waals surface area contributed by atoms with Crippen LogP contribution in [-0.2, 0) is 4.74 Å². The first-order valence-electron chi connectivity index (χ1n) is 4.43.